The summed E-state index contributed by atoms with van der Waals surface area (Å²) in [6, 6.07) is 6.78. The van der Waals surface area contributed by atoms with Crippen molar-refractivity contribution in [3.05, 3.63) is 29.3 Å². The first-order valence-corrected chi connectivity index (χ1v) is 8.30. The maximum absolute atomic E-state index is 3.43. The average Bonchev–Trinajstić information content (AvgIpc) is 2.44. The van der Waals surface area contributed by atoms with Gasteiger partial charge in [0.05, 0.1) is 0 Å². The van der Waals surface area contributed by atoms with E-state index in [1.54, 1.807) is 0 Å². The van der Waals surface area contributed by atoms with Crippen LogP contribution < -0.4 is 10.6 Å². The van der Waals surface area contributed by atoms with E-state index in [0.717, 1.165) is 12.5 Å². The van der Waals surface area contributed by atoms with Crippen molar-refractivity contribution in [1.82, 2.24) is 14.9 Å². The van der Waals surface area contributed by atoms with Crippen molar-refractivity contribution < 1.29 is 0 Å². The summed E-state index contributed by atoms with van der Waals surface area (Å²) >= 11 is 1.87. The Balaban J connectivity index is 1.89. The van der Waals surface area contributed by atoms with Gasteiger partial charge in [0.1, 0.15) is 0 Å². The molecule has 4 heteroatoms. The molecule has 0 amide bonds. The third-order valence-electron chi connectivity index (χ3n) is 3.92. The fraction of sp³-hybridized carbons (Fsp3) is 0.625. The van der Waals surface area contributed by atoms with Crippen molar-refractivity contribution in [3.63, 3.8) is 0 Å². The lowest BCUT2D eigenvalue weighted by molar-refractivity contribution is 0.323. The van der Waals surface area contributed by atoms with Gasteiger partial charge in [0.25, 0.3) is 0 Å². The summed E-state index contributed by atoms with van der Waals surface area (Å²) in [6.07, 6.45) is 2.62. The maximum atomic E-state index is 3.43. The summed E-state index contributed by atoms with van der Waals surface area (Å²) in [7, 11) is 4.22. The number of piperidine rings is 1. The van der Waals surface area contributed by atoms with Crippen LogP contribution in [0.3, 0.4) is 0 Å². The van der Waals surface area contributed by atoms with Crippen molar-refractivity contribution >= 4 is 11.9 Å². The molecule has 1 aliphatic heterocycles. The predicted octanol–water partition coefficient (Wildman–Crippen LogP) is 2.65. The van der Waals surface area contributed by atoms with Gasteiger partial charge in [0, 0.05) is 18.0 Å². The van der Waals surface area contributed by atoms with E-state index >= 15 is 0 Å². The molecular formula is C16H27N3S. The normalized spacial score (nSPS) is 16.8. The molecule has 1 fully saturated rings. The van der Waals surface area contributed by atoms with Gasteiger partial charge in [-0.05, 0) is 88.1 Å². The number of hydrogen-bond acceptors (Lipinski definition) is 4. The lowest BCUT2D eigenvalue weighted by Gasteiger charge is -2.27. The zero-order chi connectivity index (χ0) is 14.4. The quantitative estimate of drug-likeness (QED) is 0.789. The molecule has 1 saturated heterocycles. The Morgan fingerprint density at radius 3 is 2.80 bits per heavy atom. The van der Waals surface area contributed by atoms with Crippen LogP contribution in [-0.4, -0.2) is 38.0 Å². The number of rotatable bonds is 6. The molecule has 0 unspecified atom stereocenters. The van der Waals surface area contributed by atoms with Crippen LogP contribution in [0.4, 0.5) is 0 Å². The third-order valence-corrected chi connectivity index (χ3v) is 4.85. The molecule has 0 atom stereocenters. The first-order chi connectivity index (χ1) is 9.69. The Hall–Kier alpha value is -0.550. The molecular weight excluding hydrogens is 266 g/mol. The van der Waals surface area contributed by atoms with Crippen molar-refractivity contribution in [2.75, 3.05) is 33.7 Å². The summed E-state index contributed by atoms with van der Waals surface area (Å²) < 4.78 is 2.39. The number of aryl methyl sites for hydroxylation is 1. The molecule has 0 saturated carbocycles. The van der Waals surface area contributed by atoms with Gasteiger partial charge in [-0.25, -0.2) is 4.31 Å². The Kier molecular flexibility index (Phi) is 6.36. The zero-order valence-electron chi connectivity index (χ0n) is 12.9. The Morgan fingerprint density at radius 1 is 1.35 bits per heavy atom. The monoisotopic (exact) mass is 293 g/mol. The summed E-state index contributed by atoms with van der Waals surface area (Å²) in [6.45, 7) is 6.67. The van der Waals surface area contributed by atoms with Crippen LogP contribution in [0.5, 0.6) is 0 Å². The summed E-state index contributed by atoms with van der Waals surface area (Å²) in [4.78, 5) is 1.34. The molecule has 1 aliphatic rings. The topological polar surface area (TPSA) is 27.3 Å². The van der Waals surface area contributed by atoms with E-state index in [1.165, 1.54) is 48.5 Å². The largest absolute Gasteiger partial charge is 0.317 e. The van der Waals surface area contributed by atoms with E-state index in [-0.39, 0.29) is 0 Å². The van der Waals surface area contributed by atoms with Gasteiger partial charge in [0.2, 0.25) is 0 Å². The van der Waals surface area contributed by atoms with Gasteiger partial charge in [-0.1, -0.05) is 6.07 Å². The lowest BCUT2D eigenvalue weighted by Crippen LogP contribution is -2.32. The van der Waals surface area contributed by atoms with E-state index in [4.69, 9.17) is 0 Å². The Morgan fingerprint density at radius 2 is 2.10 bits per heavy atom. The van der Waals surface area contributed by atoms with Gasteiger partial charge in [-0.15, -0.1) is 0 Å². The standard InChI is InChI=1S/C16H27N3S/c1-13-4-5-16(10-15(13)11-17-2)20-19(3)12-14-6-8-18-9-7-14/h4-5,10,14,17-18H,6-9,11-12H2,1-3H3. The minimum atomic E-state index is 0.843. The fourth-order valence-corrected chi connectivity index (χ4v) is 3.70. The second kappa shape index (κ2) is 8.03. The van der Waals surface area contributed by atoms with Crippen LogP contribution in [-0.2, 0) is 6.54 Å². The number of nitrogens with zero attached hydrogens (tertiary/aromatic N) is 1. The molecule has 0 radical (unpaired) electrons. The first-order valence-electron chi connectivity index (χ1n) is 7.53. The van der Waals surface area contributed by atoms with Crippen molar-refractivity contribution in [2.24, 2.45) is 5.92 Å². The highest BCUT2D eigenvalue weighted by molar-refractivity contribution is 7.97. The molecule has 112 valence electrons. The van der Waals surface area contributed by atoms with Gasteiger partial charge in [-0.2, -0.15) is 0 Å². The minimum absolute atomic E-state index is 0.843. The van der Waals surface area contributed by atoms with Gasteiger partial charge in [-0.3, -0.25) is 0 Å². The molecule has 0 bridgehead atoms. The molecule has 20 heavy (non-hydrogen) atoms. The van der Waals surface area contributed by atoms with Crippen LogP contribution in [0.1, 0.15) is 24.0 Å². The second-order valence-corrected chi connectivity index (χ2v) is 6.99. The molecule has 1 heterocycles. The van der Waals surface area contributed by atoms with Gasteiger partial charge >= 0.3 is 0 Å². The highest BCUT2D eigenvalue weighted by Gasteiger charge is 2.15. The first kappa shape index (κ1) is 15.8. The van der Waals surface area contributed by atoms with Crippen LogP contribution in [0.15, 0.2) is 23.1 Å². The molecule has 1 aromatic carbocycles. The van der Waals surface area contributed by atoms with Crippen LogP contribution >= 0.6 is 11.9 Å². The number of hydrogen-bond donors (Lipinski definition) is 2. The fourth-order valence-electron chi connectivity index (χ4n) is 2.73. The van der Waals surface area contributed by atoms with E-state index < -0.39 is 0 Å². The molecule has 2 N–H and O–H groups in total. The van der Waals surface area contributed by atoms with E-state index in [0.29, 0.717) is 0 Å². The van der Waals surface area contributed by atoms with Crippen molar-refractivity contribution in [2.45, 2.75) is 31.2 Å². The Labute approximate surface area is 127 Å². The summed E-state index contributed by atoms with van der Waals surface area (Å²) in [5.74, 6) is 0.843. The second-order valence-electron chi connectivity index (χ2n) is 5.71. The van der Waals surface area contributed by atoms with Crippen molar-refractivity contribution in [1.29, 1.82) is 0 Å². The van der Waals surface area contributed by atoms with E-state index in [2.05, 4.69) is 47.1 Å². The number of nitrogens with one attached hydrogen (secondary N) is 2. The molecule has 0 aromatic heterocycles. The maximum Gasteiger partial charge on any atom is 0.0233 e. The van der Waals surface area contributed by atoms with Crippen molar-refractivity contribution in [3.8, 4) is 0 Å². The summed E-state index contributed by atoms with van der Waals surface area (Å²) in [5, 5.41) is 6.67. The highest BCUT2D eigenvalue weighted by Crippen LogP contribution is 2.26. The predicted molar refractivity (Wildman–Crippen MR) is 88.0 cm³/mol. The lowest BCUT2D eigenvalue weighted by atomic mass is 9.98. The SMILES string of the molecule is CNCc1cc(SN(C)CC2CCNCC2)ccc1C. The molecule has 2 rings (SSSR count). The average molecular weight is 293 g/mol. The van der Waals surface area contributed by atoms with Crippen LogP contribution in [0.25, 0.3) is 0 Å². The molecule has 0 spiro atoms. The minimum Gasteiger partial charge on any atom is -0.317 e. The van der Waals surface area contributed by atoms with Gasteiger partial charge < -0.3 is 10.6 Å². The molecule has 3 nitrogen and oxygen atoms in total. The van der Waals surface area contributed by atoms with Crippen LogP contribution in [0, 0.1) is 12.8 Å². The highest BCUT2D eigenvalue weighted by atomic mass is 32.2. The third kappa shape index (κ3) is 4.77. The summed E-state index contributed by atoms with van der Waals surface area (Å²) in [5.41, 5.74) is 2.76. The molecule has 0 aliphatic carbocycles. The smallest absolute Gasteiger partial charge is 0.0233 e. The van der Waals surface area contributed by atoms with E-state index in [9.17, 15) is 0 Å². The number of benzene rings is 1. The Bertz CT molecular complexity index is 416. The van der Waals surface area contributed by atoms with E-state index in [1.807, 2.05) is 19.0 Å². The molecule has 1 aromatic rings. The van der Waals surface area contributed by atoms with Crippen LogP contribution in [0.2, 0.25) is 0 Å². The van der Waals surface area contributed by atoms with Gasteiger partial charge in [0.15, 0.2) is 0 Å². The zero-order valence-corrected chi connectivity index (χ0v) is 13.7.